The van der Waals surface area contributed by atoms with Crippen LogP contribution in [0.15, 0.2) is 88.6 Å². The molecule has 0 saturated heterocycles. The molecule has 0 aliphatic heterocycles. The van der Waals surface area contributed by atoms with E-state index in [4.69, 9.17) is 41.8 Å². The zero-order chi connectivity index (χ0) is 30.7. The van der Waals surface area contributed by atoms with E-state index < -0.39 is 0 Å². The lowest BCUT2D eigenvalue weighted by Crippen LogP contribution is -2.09. The summed E-state index contributed by atoms with van der Waals surface area (Å²) in [4.78, 5) is 13.4. The molecule has 0 unspecified atom stereocenters. The lowest BCUT2D eigenvalue weighted by molar-refractivity contribution is 0.269. The summed E-state index contributed by atoms with van der Waals surface area (Å²) in [7, 11) is 1.61. The molecule has 11 nitrogen and oxygen atoms in total. The van der Waals surface area contributed by atoms with Crippen molar-refractivity contribution in [1.29, 1.82) is 0 Å². The van der Waals surface area contributed by atoms with Gasteiger partial charge in [-0.3, -0.25) is 0 Å². The summed E-state index contributed by atoms with van der Waals surface area (Å²) >= 11 is 12.3. The number of ether oxygens (including phenoxy) is 3. The van der Waals surface area contributed by atoms with Gasteiger partial charge in [0.05, 0.1) is 32.7 Å². The van der Waals surface area contributed by atoms with Crippen LogP contribution in [0.25, 0.3) is 0 Å². The van der Waals surface area contributed by atoms with Crippen LogP contribution >= 0.6 is 23.2 Å². The third-order valence-electron chi connectivity index (χ3n) is 6.03. The van der Waals surface area contributed by atoms with E-state index in [9.17, 15) is 0 Å². The van der Waals surface area contributed by atoms with Gasteiger partial charge in [-0.2, -0.15) is 20.1 Å². The topological polar surface area (TPSA) is 128 Å². The predicted molar refractivity (Wildman–Crippen MR) is 172 cm³/mol. The molecule has 44 heavy (non-hydrogen) atoms. The molecule has 3 aromatic carbocycles. The van der Waals surface area contributed by atoms with Gasteiger partial charge in [-0.25, -0.2) is 5.43 Å². The number of rotatable bonds is 14. The van der Waals surface area contributed by atoms with Crippen molar-refractivity contribution in [3.05, 3.63) is 106 Å². The van der Waals surface area contributed by atoms with Crippen LogP contribution in [0.2, 0.25) is 10.0 Å². The number of methoxy groups -OCH3 is 1. The Morgan fingerprint density at radius 1 is 0.886 bits per heavy atom. The molecule has 3 N–H and O–H groups in total. The molecule has 2 heterocycles. The van der Waals surface area contributed by atoms with Crippen molar-refractivity contribution in [1.82, 2.24) is 15.0 Å². The Labute approximate surface area is 264 Å². The van der Waals surface area contributed by atoms with Crippen LogP contribution in [0.3, 0.4) is 0 Å². The van der Waals surface area contributed by atoms with Gasteiger partial charge in [0.15, 0.2) is 11.5 Å². The quantitative estimate of drug-likeness (QED) is 0.0832. The Bertz CT molecular complexity index is 1700. The van der Waals surface area contributed by atoms with Gasteiger partial charge in [-0.1, -0.05) is 29.3 Å². The van der Waals surface area contributed by atoms with Crippen LogP contribution in [0.1, 0.15) is 23.8 Å². The molecule has 0 aliphatic rings. The summed E-state index contributed by atoms with van der Waals surface area (Å²) in [5, 5.41) is 11.8. The molecule has 0 saturated carbocycles. The fraction of sp³-hybridized carbons (Fsp3) is 0.161. The van der Waals surface area contributed by atoms with Crippen molar-refractivity contribution in [2.75, 3.05) is 29.8 Å². The third-order valence-corrected chi connectivity index (χ3v) is 6.61. The molecule has 0 bridgehead atoms. The Morgan fingerprint density at radius 2 is 1.70 bits per heavy atom. The maximum Gasteiger partial charge on any atom is 0.250 e. The number of hydrazone groups is 1. The van der Waals surface area contributed by atoms with Crippen molar-refractivity contribution < 1.29 is 18.6 Å². The Morgan fingerprint density at radius 3 is 2.45 bits per heavy atom. The molecule has 5 rings (SSSR count). The summed E-state index contributed by atoms with van der Waals surface area (Å²) in [6, 6.07) is 21.8. The summed E-state index contributed by atoms with van der Waals surface area (Å²) in [5.74, 6) is 3.47. The summed E-state index contributed by atoms with van der Waals surface area (Å²) in [5.41, 5.74) is 5.23. The molecule has 0 fully saturated rings. The number of benzene rings is 3. The second kappa shape index (κ2) is 14.9. The van der Waals surface area contributed by atoms with E-state index in [2.05, 4.69) is 36.1 Å². The Hall–Kier alpha value is -5.00. The fourth-order valence-corrected chi connectivity index (χ4v) is 4.36. The van der Waals surface area contributed by atoms with Crippen molar-refractivity contribution in [2.45, 2.75) is 20.1 Å². The van der Waals surface area contributed by atoms with Gasteiger partial charge in [-0.05, 0) is 79.2 Å². The Kier molecular flexibility index (Phi) is 10.3. The summed E-state index contributed by atoms with van der Waals surface area (Å²) in [6.07, 6.45) is 3.23. The van der Waals surface area contributed by atoms with Crippen LogP contribution in [0.5, 0.6) is 17.2 Å². The average molecular weight is 635 g/mol. The maximum atomic E-state index is 6.29. The fourth-order valence-electron chi connectivity index (χ4n) is 3.89. The van der Waals surface area contributed by atoms with Gasteiger partial charge in [0, 0.05) is 21.3 Å². The minimum Gasteiger partial charge on any atom is -0.497 e. The van der Waals surface area contributed by atoms with Crippen LogP contribution in [-0.2, 0) is 13.2 Å². The number of nitrogens with one attached hydrogen (secondary N) is 3. The molecular formula is C31H29Cl2N7O4. The monoisotopic (exact) mass is 633 g/mol. The van der Waals surface area contributed by atoms with E-state index in [1.165, 1.54) is 0 Å². The van der Waals surface area contributed by atoms with Crippen molar-refractivity contribution in [3.8, 4) is 17.2 Å². The molecular weight excluding hydrogens is 605 g/mol. The van der Waals surface area contributed by atoms with Crippen LogP contribution in [-0.4, -0.2) is 34.9 Å². The van der Waals surface area contributed by atoms with Gasteiger partial charge in [0.2, 0.25) is 17.8 Å². The first-order valence-corrected chi connectivity index (χ1v) is 14.3. The largest absolute Gasteiger partial charge is 0.497 e. The van der Waals surface area contributed by atoms with Gasteiger partial charge in [-0.15, -0.1) is 0 Å². The predicted octanol–water partition coefficient (Wildman–Crippen LogP) is 7.56. The maximum absolute atomic E-state index is 6.29. The van der Waals surface area contributed by atoms with E-state index in [0.29, 0.717) is 46.6 Å². The number of nitrogens with zero attached hydrogens (tertiary/aromatic N) is 4. The van der Waals surface area contributed by atoms with Gasteiger partial charge in [0.25, 0.3) is 0 Å². The number of hydrogen-bond donors (Lipinski definition) is 3. The first-order chi connectivity index (χ1) is 21.5. The lowest BCUT2D eigenvalue weighted by atomic mass is 10.2. The molecule has 0 amide bonds. The van der Waals surface area contributed by atoms with Crippen molar-refractivity contribution in [3.63, 3.8) is 0 Å². The van der Waals surface area contributed by atoms with Gasteiger partial charge in [0.1, 0.15) is 18.1 Å². The molecule has 13 heteroatoms. The van der Waals surface area contributed by atoms with Crippen molar-refractivity contribution >= 4 is 52.9 Å². The molecule has 226 valence electrons. The highest BCUT2D eigenvalue weighted by atomic mass is 35.5. The number of anilines is 4. The highest BCUT2D eigenvalue weighted by Crippen LogP contribution is 2.30. The number of furan rings is 1. The van der Waals surface area contributed by atoms with Gasteiger partial charge >= 0.3 is 0 Å². The first kappa shape index (κ1) is 30.5. The number of hydrogen-bond acceptors (Lipinski definition) is 11. The standard InChI is InChI=1S/C31H29Cl2N7O4/c1-3-42-28-15-20(6-13-27(28)44-19-21-7-8-22(32)16-26(21)33)17-35-40-31-38-29(34-18-25-5-4-14-43-25)37-30(39-31)36-23-9-11-24(41-2)12-10-23/h4-17H,3,18-19H2,1-2H3,(H3,34,36,37,38,39,40)/b35-17-. The highest BCUT2D eigenvalue weighted by molar-refractivity contribution is 6.35. The van der Waals surface area contributed by atoms with E-state index in [1.54, 1.807) is 31.7 Å². The average Bonchev–Trinajstić information content (AvgIpc) is 3.55. The summed E-state index contributed by atoms with van der Waals surface area (Å²) < 4.78 is 22.4. The lowest BCUT2D eigenvalue weighted by Gasteiger charge is -2.13. The SMILES string of the molecule is CCOc1cc(/C=N\Nc2nc(NCc3ccco3)nc(Nc3ccc(OC)cc3)n2)ccc1OCc1ccc(Cl)cc1Cl. The molecule has 5 aromatic rings. The summed E-state index contributed by atoms with van der Waals surface area (Å²) in [6.45, 7) is 3.01. The molecule has 0 spiro atoms. The van der Waals surface area contributed by atoms with Crippen LogP contribution < -0.4 is 30.3 Å². The first-order valence-electron chi connectivity index (χ1n) is 13.5. The van der Waals surface area contributed by atoms with E-state index in [0.717, 1.165) is 28.3 Å². The van der Waals surface area contributed by atoms with Crippen LogP contribution in [0, 0.1) is 0 Å². The second-order valence-corrected chi connectivity index (χ2v) is 9.97. The van der Waals surface area contributed by atoms with E-state index >= 15 is 0 Å². The molecule has 0 aliphatic carbocycles. The zero-order valence-electron chi connectivity index (χ0n) is 23.9. The minimum absolute atomic E-state index is 0.221. The molecule has 0 radical (unpaired) electrons. The molecule has 2 aromatic heterocycles. The second-order valence-electron chi connectivity index (χ2n) is 9.13. The normalized spacial score (nSPS) is 10.9. The van der Waals surface area contributed by atoms with Gasteiger partial charge < -0.3 is 29.3 Å². The number of halogens is 2. The third kappa shape index (κ3) is 8.52. The zero-order valence-corrected chi connectivity index (χ0v) is 25.4. The number of aromatic nitrogens is 3. The van der Waals surface area contributed by atoms with E-state index in [-0.39, 0.29) is 12.6 Å². The highest BCUT2D eigenvalue weighted by Gasteiger charge is 2.10. The minimum atomic E-state index is 0.221. The van der Waals surface area contributed by atoms with Crippen molar-refractivity contribution in [2.24, 2.45) is 5.10 Å². The van der Waals surface area contributed by atoms with E-state index in [1.807, 2.05) is 67.6 Å². The smallest absolute Gasteiger partial charge is 0.250 e. The molecule has 0 atom stereocenters. The Balaban J connectivity index is 1.29. The van der Waals surface area contributed by atoms with Crippen LogP contribution in [0.4, 0.5) is 23.5 Å².